The minimum absolute atomic E-state index is 0.157. The molecular formula is C20H20FNO2. The van der Waals surface area contributed by atoms with Crippen molar-refractivity contribution < 1.29 is 13.9 Å². The molecule has 1 saturated heterocycles. The Hall–Kier alpha value is -2.62. The summed E-state index contributed by atoms with van der Waals surface area (Å²) in [6, 6.07) is 15.7. The number of amides is 1. The first-order valence-electron chi connectivity index (χ1n) is 8.03. The number of carbonyl (C=O) groups is 1. The van der Waals surface area contributed by atoms with Crippen molar-refractivity contribution >= 4 is 6.09 Å². The number of piperidine rings is 1. The number of halogens is 1. The van der Waals surface area contributed by atoms with Crippen molar-refractivity contribution in [1.82, 2.24) is 4.90 Å². The lowest BCUT2D eigenvalue weighted by molar-refractivity contribution is 0.0747. The number of likely N-dealkylation sites (tertiary alicyclic amines) is 1. The van der Waals surface area contributed by atoms with E-state index in [-0.39, 0.29) is 24.6 Å². The summed E-state index contributed by atoms with van der Waals surface area (Å²) in [6.07, 6.45) is 1.09. The van der Waals surface area contributed by atoms with Crippen molar-refractivity contribution in [2.75, 3.05) is 6.54 Å². The summed E-state index contributed by atoms with van der Waals surface area (Å²) >= 11 is 0. The lowest BCUT2D eigenvalue weighted by Gasteiger charge is -2.36. The maximum atomic E-state index is 13.2. The predicted octanol–water partition coefficient (Wildman–Crippen LogP) is 4.86. The first-order valence-corrected chi connectivity index (χ1v) is 8.03. The van der Waals surface area contributed by atoms with Crippen LogP contribution in [0, 0.1) is 5.82 Å². The molecule has 124 valence electrons. The lowest BCUT2D eigenvalue weighted by atomic mass is 9.93. The molecule has 0 radical (unpaired) electrons. The van der Waals surface area contributed by atoms with Gasteiger partial charge in [0, 0.05) is 6.54 Å². The Labute approximate surface area is 141 Å². The molecule has 3 nitrogen and oxygen atoms in total. The van der Waals surface area contributed by atoms with Crippen LogP contribution in [-0.2, 0) is 11.3 Å². The van der Waals surface area contributed by atoms with E-state index in [9.17, 15) is 9.18 Å². The highest BCUT2D eigenvalue weighted by molar-refractivity contribution is 5.69. The zero-order valence-corrected chi connectivity index (χ0v) is 13.5. The third kappa shape index (κ3) is 3.82. The van der Waals surface area contributed by atoms with Crippen LogP contribution in [0.15, 0.2) is 66.7 Å². The topological polar surface area (TPSA) is 29.5 Å². The number of hydrogen-bond donors (Lipinski definition) is 0. The molecule has 1 atom stereocenters. The molecule has 1 amide bonds. The Kier molecular flexibility index (Phi) is 4.94. The zero-order chi connectivity index (χ0) is 16.9. The Balaban J connectivity index is 1.72. The van der Waals surface area contributed by atoms with Gasteiger partial charge in [0.1, 0.15) is 12.4 Å². The third-order valence-electron chi connectivity index (χ3n) is 4.26. The van der Waals surface area contributed by atoms with Crippen molar-refractivity contribution in [2.24, 2.45) is 0 Å². The van der Waals surface area contributed by atoms with Gasteiger partial charge in [0.2, 0.25) is 0 Å². The third-order valence-corrected chi connectivity index (χ3v) is 4.26. The van der Waals surface area contributed by atoms with Gasteiger partial charge >= 0.3 is 6.09 Å². The van der Waals surface area contributed by atoms with Crippen LogP contribution in [0.5, 0.6) is 0 Å². The maximum absolute atomic E-state index is 13.2. The molecule has 3 rings (SSSR count). The van der Waals surface area contributed by atoms with E-state index in [1.165, 1.54) is 12.1 Å². The molecule has 2 aromatic rings. The molecule has 0 bridgehead atoms. The molecule has 0 N–H and O–H groups in total. The van der Waals surface area contributed by atoms with Crippen molar-refractivity contribution in [2.45, 2.75) is 25.5 Å². The number of nitrogens with zero attached hydrogens (tertiary/aromatic N) is 1. The molecule has 0 aromatic heterocycles. The molecule has 0 unspecified atom stereocenters. The van der Waals surface area contributed by atoms with Gasteiger partial charge < -0.3 is 9.64 Å². The van der Waals surface area contributed by atoms with E-state index < -0.39 is 0 Å². The van der Waals surface area contributed by atoms with E-state index in [4.69, 9.17) is 4.74 Å². The van der Waals surface area contributed by atoms with Gasteiger partial charge in [-0.3, -0.25) is 0 Å². The van der Waals surface area contributed by atoms with Gasteiger partial charge in [-0.25, -0.2) is 9.18 Å². The first-order chi connectivity index (χ1) is 11.6. The van der Waals surface area contributed by atoms with Crippen LogP contribution in [0.2, 0.25) is 0 Å². The van der Waals surface area contributed by atoms with E-state index in [0.717, 1.165) is 23.1 Å². The van der Waals surface area contributed by atoms with Crippen molar-refractivity contribution in [3.05, 3.63) is 83.7 Å². The summed E-state index contributed by atoms with van der Waals surface area (Å²) in [6.45, 7) is 4.85. The lowest BCUT2D eigenvalue weighted by Crippen LogP contribution is -2.39. The van der Waals surface area contributed by atoms with Crippen molar-refractivity contribution in [1.29, 1.82) is 0 Å². The van der Waals surface area contributed by atoms with Gasteiger partial charge in [0.25, 0.3) is 0 Å². The second kappa shape index (κ2) is 7.30. The van der Waals surface area contributed by atoms with E-state index in [1.807, 2.05) is 30.3 Å². The summed E-state index contributed by atoms with van der Waals surface area (Å²) in [5.41, 5.74) is 2.94. The summed E-state index contributed by atoms with van der Waals surface area (Å²) in [4.78, 5) is 14.2. The summed E-state index contributed by atoms with van der Waals surface area (Å²) < 4.78 is 18.6. The largest absolute Gasteiger partial charge is 0.445 e. The SMILES string of the molecule is C=C1CCN(C(=O)OCc2ccccc2)[C@H](c2ccc(F)cc2)C1. The minimum atomic E-state index is -0.347. The average Bonchev–Trinajstić information content (AvgIpc) is 2.61. The Morgan fingerprint density at radius 3 is 2.58 bits per heavy atom. The summed E-state index contributed by atoms with van der Waals surface area (Å²) in [7, 11) is 0. The second-order valence-electron chi connectivity index (χ2n) is 6.01. The molecule has 1 aliphatic rings. The minimum Gasteiger partial charge on any atom is -0.445 e. The average molecular weight is 325 g/mol. The van der Waals surface area contributed by atoms with Gasteiger partial charge in [-0.2, -0.15) is 0 Å². The Bertz CT molecular complexity index is 712. The summed E-state index contributed by atoms with van der Waals surface area (Å²) in [5, 5.41) is 0. The van der Waals surface area contributed by atoms with Crippen molar-refractivity contribution in [3.8, 4) is 0 Å². The van der Waals surface area contributed by atoms with Crippen LogP contribution in [0.25, 0.3) is 0 Å². The fourth-order valence-corrected chi connectivity index (χ4v) is 2.92. The number of carbonyl (C=O) groups excluding carboxylic acids is 1. The van der Waals surface area contributed by atoms with Gasteiger partial charge in [0.15, 0.2) is 0 Å². The van der Waals surface area contributed by atoms with E-state index in [1.54, 1.807) is 17.0 Å². The molecule has 24 heavy (non-hydrogen) atoms. The number of hydrogen-bond acceptors (Lipinski definition) is 2. The molecule has 4 heteroatoms. The van der Waals surface area contributed by atoms with Gasteiger partial charge in [-0.1, -0.05) is 54.6 Å². The van der Waals surface area contributed by atoms with Crippen LogP contribution >= 0.6 is 0 Å². The van der Waals surface area contributed by atoms with E-state index in [2.05, 4.69) is 6.58 Å². The van der Waals surface area contributed by atoms with Crippen LogP contribution in [0.4, 0.5) is 9.18 Å². The monoisotopic (exact) mass is 325 g/mol. The zero-order valence-electron chi connectivity index (χ0n) is 13.5. The standard InChI is InChI=1S/C20H20FNO2/c1-15-11-12-22(19(13-15)17-7-9-18(21)10-8-17)20(23)24-14-16-5-3-2-4-6-16/h2-10,19H,1,11-14H2/t19-/m0/s1. The fourth-order valence-electron chi connectivity index (χ4n) is 2.92. The predicted molar refractivity (Wildman–Crippen MR) is 90.8 cm³/mol. The quantitative estimate of drug-likeness (QED) is 0.755. The fraction of sp³-hybridized carbons (Fsp3) is 0.250. The smallest absolute Gasteiger partial charge is 0.410 e. The first kappa shape index (κ1) is 16.2. The highest BCUT2D eigenvalue weighted by Gasteiger charge is 2.30. The molecule has 1 aliphatic heterocycles. The van der Waals surface area contributed by atoms with Crippen LogP contribution < -0.4 is 0 Å². The summed E-state index contributed by atoms with van der Waals surface area (Å²) in [5.74, 6) is -0.286. The van der Waals surface area contributed by atoms with Gasteiger partial charge in [-0.05, 0) is 36.1 Å². The van der Waals surface area contributed by atoms with E-state index in [0.29, 0.717) is 13.0 Å². The number of rotatable bonds is 3. The molecule has 1 heterocycles. The highest BCUT2D eigenvalue weighted by atomic mass is 19.1. The van der Waals surface area contributed by atoms with E-state index >= 15 is 0 Å². The molecule has 0 spiro atoms. The molecule has 1 fully saturated rings. The Morgan fingerprint density at radius 1 is 1.17 bits per heavy atom. The van der Waals surface area contributed by atoms with Crippen LogP contribution in [0.3, 0.4) is 0 Å². The highest BCUT2D eigenvalue weighted by Crippen LogP contribution is 2.33. The molecule has 0 saturated carbocycles. The Morgan fingerprint density at radius 2 is 1.88 bits per heavy atom. The second-order valence-corrected chi connectivity index (χ2v) is 6.01. The van der Waals surface area contributed by atoms with Crippen molar-refractivity contribution in [3.63, 3.8) is 0 Å². The maximum Gasteiger partial charge on any atom is 0.410 e. The van der Waals surface area contributed by atoms with Gasteiger partial charge in [-0.15, -0.1) is 0 Å². The number of benzene rings is 2. The molecule has 2 aromatic carbocycles. The van der Waals surface area contributed by atoms with Crippen LogP contribution in [0.1, 0.15) is 30.0 Å². The molecule has 0 aliphatic carbocycles. The molecular weight excluding hydrogens is 305 g/mol. The van der Waals surface area contributed by atoms with Gasteiger partial charge in [0.05, 0.1) is 6.04 Å². The van der Waals surface area contributed by atoms with Crippen LogP contribution in [-0.4, -0.2) is 17.5 Å². The number of ether oxygens (including phenoxy) is 1. The normalized spacial score (nSPS) is 17.6.